The first kappa shape index (κ1) is 10.1. The van der Waals surface area contributed by atoms with Gasteiger partial charge in [0.25, 0.3) is 0 Å². The van der Waals surface area contributed by atoms with Crippen LogP contribution in [0.25, 0.3) is 0 Å². The maximum atomic E-state index is 2.60. The summed E-state index contributed by atoms with van der Waals surface area (Å²) in [6, 6.07) is 0. The summed E-state index contributed by atoms with van der Waals surface area (Å²) in [5.41, 5.74) is 1.50. The van der Waals surface area contributed by atoms with Gasteiger partial charge in [-0.2, -0.15) is 0 Å². The summed E-state index contributed by atoms with van der Waals surface area (Å²) in [5.74, 6) is 1.96. The van der Waals surface area contributed by atoms with Crippen molar-refractivity contribution in [3.05, 3.63) is 0 Å². The second-order valence-electron chi connectivity index (χ2n) is 6.83. The summed E-state index contributed by atoms with van der Waals surface area (Å²) >= 11 is 0. The lowest BCUT2D eigenvalue weighted by atomic mass is 9.62. The van der Waals surface area contributed by atoms with Crippen LogP contribution in [0.3, 0.4) is 0 Å². The summed E-state index contributed by atoms with van der Waals surface area (Å²) in [6.07, 6.45) is 7.59. The van der Waals surface area contributed by atoms with E-state index in [4.69, 9.17) is 0 Å². The molecule has 3 fully saturated rings. The van der Waals surface area contributed by atoms with E-state index in [0.29, 0.717) is 5.41 Å². The molecule has 2 spiro atoms. The number of nitrogens with zero attached hydrogens (tertiary/aromatic N) is 1. The second-order valence-corrected chi connectivity index (χ2v) is 6.83. The van der Waals surface area contributed by atoms with Gasteiger partial charge in [-0.25, -0.2) is 0 Å². The first-order valence-corrected chi connectivity index (χ1v) is 6.77. The molecule has 2 unspecified atom stereocenters. The Morgan fingerprint density at radius 3 is 2.20 bits per heavy atom. The maximum absolute atomic E-state index is 2.60. The zero-order valence-corrected chi connectivity index (χ0v) is 10.6. The van der Waals surface area contributed by atoms with Gasteiger partial charge in [0, 0.05) is 6.54 Å². The molecule has 0 amide bonds. The topological polar surface area (TPSA) is 3.24 Å². The van der Waals surface area contributed by atoms with Crippen LogP contribution in [0.2, 0.25) is 0 Å². The minimum atomic E-state index is 0.714. The molecule has 1 nitrogen and oxygen atoms in total. The van der Waals surface area contributed by atoms with Crippen molar-refractivity contribution in [2.24, 2.45) is 22.7 Å². The Kier molecular flexibility index (Phi) is 2.03. The van der Waals surface area contributed by atoms with Crippen LogP contribution >= 0.6 is 0 Å². The highest BCUT2D eigenvalue weighted by atomic mass is 15.1. The van der Waals surface area contributed by atoms with E-state index >= 15 is 0 Å². The molecule has 3 aliphatic rings. The highest BCUT2D eigenvalue weighted by molar-refractivity contribution is 5.12. The van der Waals surface area contributed by atoms with Crippen molar-refractivity contribution in [1.29, 1.82) is 0 Å². The van der Waals surface area contributed by atoms with E-state index in [9.17, 15) is 0 Å². The molecule has 0 N–H and O–H groups in total. The minimum absolute atomic E-state index is 0.714. The molecule has 0 aromatic carbocycles. The fraction of sp³-hybridized carbons (Fsp3) is 1.00. The number of likely N-dealkylation sites (tertiary alicyclic amines) is 1. The van der Waals surface area contributed by atoms with Gasteiger partial charge in [-0.05, 0) is 61.9 Å². The molecule has 0 aromatic rings. The Hall–Kier alpha value is -0.0400. The molecule has 2 saturated carbocycles. The van der Waals surface area contributed by atoms with Crippen molar-refractivity contribution in [2.75, 3.05) is 20.1 Å². The molecule has 1 heteroatoms. The molecule has 0 radical (unpaired) electrons. The lowest BCUT2D eigenvalue weighted by molar-refractivity contribution is 0.0841. The van der Waals surface area contributed by atoms with Crippen LogP contribution in [0.5, 0.6) is 0 Å². The predicted molar refractivity (Wildman–Crippen MR) is 63.8 cm³/mol. The standard InChI is InChI=1S/C14H25N/c1-11-12(2)14(11)9-13(5-4-6-13)7-8-15(3)10-14/h11-12H,4-10H2,1-3H3. The van der Waals surface area contributed by atoms with Gasteiger partial charge >= 0.3 is 0 Å². The third kappa shape index (κ3) is 1.32. The first-order valence-electron chi connectivity index (χ1n) is 6.77. The Balaban J connectivity index is 1.83. The maximum Gasteiger partial charge on any atom is 0.00404 e. The third-order valence-electron chi connectivity index (χ3n) is 6.16. The van der Waals surface area contributed by atoms with E-state index < -0.39 is 0 Å². The molecule has 0 bridgehead atoms. The Morgan fingerprint density at radius 1 is 1.07 bits per heavy atom. The zero-order valence-electron chi connectivity index (χ0n) is 10.6. The summed E-state index contributed by atoms with van der Waals surface area (Å²) in [5, 5.41) is 0. The van der Waals surface area contributed by atoms with Gasteiger partial charge < -0.3 is 4.90 Å². The Bertz CT molecular complexity index is 259. The lowest BCUT2D eigenvalue weighted by Gasteiger charge is -2.43. The summed E-state index contributed by atoms with van der Waals surface area (Å²) in [4.78, 5) is 2.60. The fourth-order valence-electron chi connectivity index (χ4n) is 4.51. The normalized spacial score (nSPS) is 49.0. The summed E-state index contributed by atoms with van der Waals surface area (Å²) in [6.45, 7) is 7.69. The molecular weight excluding hydrogens is 182 g/mol. The number of rotatable bonds is 0. The van der Waals surface area contributed by atoms with Crippen molar-refractivity contribution in [2.45, 2.75) is 46.0 Å². The van der Waals surface area contributed by atoms with Crippen molar-refractivity contribution in [1.82, 2.24) is 4.90 Å². The Morgan fingerprint density at radius 2 is 1.73 bits per heavy atom. The van der Waals surface area contributed by atoms with E-state index in [1.807, 2.05) is 0 Å². The van der Waals surface area contributed by atoms with Gasteiger partial charge in [0.2, 0.25) is 0 Å². The first-order chi connectivity index (χ1) is 7.08. The molecular formula is C14H25N. The largest absolute Gasteiger partial charge is 0.306 e. The van der Waals surface area contributed by atoms with Gasteiger partial charge in [-0.15, -0.1) is 0 Å². The zero-order chi connectivity index (χ0) is 10.7. The van der Waals surface area contributed by atoms with Crippen LogP contribution < -0.4 is 0 Å². The smallest absolute Gasteiger partial charge is 0.00404 e. The fourth-order valence-corrected chi connectivity index (χ4v) is 4.51. The van der Waals surface area contributed by atoms with Gasteiger partial charge in [0.1, 0.15) is 0 Å². The van der Waals surface area contributed by atoms with Crippen LogP contribution in [0.15, 0.2) is 0 Å². The van der Waals surface area contributed by atoms with Crippen LogP contribution in [-0.2, 0) is 0 Å². The van der Waals surface area contributed by atoms with Crippen LogP contribution in [-0.4, -0.2) is 25.0 Å². The van der Waals surface area contributed by atoms with Crippen molar-refractivity contribution in [3.8, 4) is 0 Å². The molecule has 0 aromatic heterocycles. The van der Waals surface area contributed by atoms with Crippen LogP contribution in [0.1, 0.15) is 46.0 Å². The summed E-state index contributed by atoms with van der Waals surface area (Å²) in [7, 11) is 2.33. The Labute approximate surface area is 94.2 Å². The SMILES string of the molecule is CC1C(C)C12CN(C)CCC1(CCC1)C2. The van der Waals surface area contributed by atoms with Crippen molar-refractivity contribution in [3.63, 3.8) is 0 Å². The molecule has 1 aliphatic heterocycles. The monoisotopic (exact) mass is 207 g/mol. The van der Waals surface area contributed by atoms with E-state index in [2.05, 4.69) is 25.8 Å². The van der Waals surface area contributed by atoms with Gasteiger partial charge in [0.15, 0.2) is 0 Å². The van der Waals surface area contributed by atoms with Gasteiger partial charge in [0.05, 0.1) is 0 Å². The highest BCUT2D eigenvalue weighted by Crippen LogP contribution is 2.67. The molecule has 1 saturated heterocycles. The minimum Gasteiger partial charge on any atom is -0.306 e. The lowest BCUT2D eigenvalue weighted by Crippen LogP contribution is -2.32. The molecule has 86 valence electrons. The molecule has 15 heavy (non-hydrogen) atoms. The molecule has 3 rings (SSSR count). The molecule has 1 heterocycles. The molecule has 2 atom stereocenters. The van der Waals surface area contributed by atoms with Crippen LogP contribution in [0, 0.1) is 22.7 Å². The van der Waals surface area contributed by atoms with E-state index in [1.54, 1.807) is 6.42 Å². The number of hydrogen-bond acceptors (Lipinski definition) is 1. The van der Waals surface area contributed by atoms with E-state index in [-0.39, 0.29) is 0 Å². The quantitative estimate of drug-likeness (QED) is 0.590. The average Bonchev–Trinajstić information content (AvgIpc) is 2.70. The van der Waals surface area contributed by atoms with E-state index in [1.165, 1.54) is 38.8 Å². The highest BCUT2D eigenvalue weighted by Gasteiger charge is 2.63. The van der Waals surface area contributed by atoms with Crippen molar-refractivity contribution < 1.29 is 0 Å². The third-order valence-corrected chi connectivity index (χ3v) is 6.16. The summed E-state index contributed by atoms with van der Waals surface area (Å²) < 4.78 is 0. The number of hydrogen-bond donors (Lipinski definition) is 0. The van der Waals surface area contributed by atoms with Gasteiger partial charge in [-0.3, -0.25) is 0 Å². The van der Waals surface area contributed by atoms with Crippen molar-refractivity contribution >= 4 is 0 Å². The average molecular weight is 207 g/mol. The predicted octanol–water partition coefficient (Wildman–Crippen LogP) is 3.15. The molecule has 2 aliphatic carbocycles. The van der Waals surface area contributed by atoms with Gasteiger partial charge in [-0.1, -0.05) is 20.3 Å². The van der Waals surface area contributed by atoms with E-state index in [0.717, 1.165) is 17.3 Å². The van der Waals surface area contributed by atoms with Crippen LogP contribution in [0.4, 0.5) is 0 Å². The second kappa shape index (κ2) is 3.00.